The summed E-state index contributed by atoms with van der Waals surface area (Å²) in [5, 5.41) is 12.0. The minimum atomic E-state index is 0.0473. The second kappa shape index (κ2) is 7.14. The molecule has 8 nitrogen and oxygen atoms in total. The van der Waals surface area contributed by atoms with E-state index in [4.69, 9.17) is 0 Å². The Labute approximate surface area is 157 Å². The number of benzene rings is 1. The molecule has 2 aromatic heterocycles. The van der Waals surface area contributed by atoms with E-state index in [1.807, 2.05) is 41.4 Å². The number of anilines is 1. The molecule has 1 fully saturated rings. The molecule has 1 aromatic carbocycles. The van der Waals surface area contributed by atoms with Gasteiger partial charge in [-0.05, 0) is 35.9 Å². The predicted molar refractivity (Wildman–Crippen MR) is 101 cm³/mol. The lowest BCUT2D eigenvalue weighted by Crippen LogP contribution is -2.49. The van der Waals surface area contributed by atoms with Crippen molar-refractivity contribution in [3.8, 4) is 11.4 Å². The van der Waals surface area contributed by atoms with Crippen LogP contribution in [-0.2, 0) is 7.05 Å². The Kier molecular flexibility index (Phi) is 4.53. The van der Waals surface area contributed by atoms with Crippen LogP contribution in [0, 0.1) is 6.92 Å². The van der Waals surface area contributed by atoms with Gasteiger partial charge < -0.3 is 9.80 Å². The molecule has 0 N–H and O–H groups in total. The first kappa shape index (κ1) is 17.1. The van der Waals surface area contributed by atoms with Crippen LogP contribution >= 0.6 is 0 Å². The zero-order chi connectivity index (χ0) is 18.8. The molecule has 0 aliphatic carbocycles. The third-order valence-corrected chi connectivity index (χ3v) is 4.75. The van der Waals surface area contributed by atoms with Gasteiger partial charge in [-0.3, -0.25) is 4.79 Å². The maximum atomic E-state index is 12.8. The number of aryl methyl sites for hydroxylation is 2. The van der Waals surface area contributed by atoms with Gasteiger partial charge in [0.15, 0.2) is 0 Å². The van der Waals surface area contributed by atoms with Crippen molar-refractivity contribution in [1.82, 2.24) is 30.1 Å². The van der Waals surface area contributed by atoms with Crippen molar-refractivity contribution in [2.45, 2.75) is 6.92 Å². The van der Waals surface area contributed by atoms with E-state index in [9.17, 15) is 4.79 Å². The van der Waals surface area contributed by atoms with Gasteiger partial charge >= 0.3 is 0 Å². The molecule has 3 heterocycles. The molecule has 1 aliphatic heterocycles. The summed E-state index contributed by atoms with van der Waals surface area (Å²) in [7, 11) is 1.72. The highest BCUT2D eigenvalue weighted by Gasteiger charge is 2.23. The smallest absolute Gasteiger partial charge is 0.253 e. The number of pyridine rings is 1. The Morgan fingerprint density at radius 1 is 1.04 bits per heavy atom. The predicted octanol–water partition coefficient (Wildman–Crippen LogP) is 1.54. The van der Waals surface area contributed by atoms with Crippen LogP contribution in [0.4, 0.5) is 5.82 Å². The van der Waals surface area contributed by atoms with Crippen LogP contribution < -0.4 is 4.90 Å². The summed E-state index contributed by atoms with van der Waals surface area (Å²) in [6, 6.07) is 11.4. The molecule has 0 spiro atoms. The Hall–Kier alpha value is -3.29. The highest BCUT2D eigenvalue weighted by Crippen LogP contribution is 2.20. The SMILES string of the molecule is Cc1cccnc1N1CCN(C(=O)c2ccc(-c3nnn(C)n3)cc2)CC1. The van der Waals surface area contributed by atoms with Gasteiger partial charge in [0.1, 0.15) is 5.82 Å². The Bertz CT molecular complexity index is 943. The van der Waals surface area contributed by atoms with E-state index >= 15 is 0 Å². The van der Waals surface area contributed by atoms with Gasteiger partial charge in [0.2, 0.25) is 5.82 Å². The van der Waals surface area contributed by atoms with Crippen LogP contribution in [0.3, 0.4) is 0 Å². The molecule has 1 aliphatic rings. The van der Waals surface area contributed by atoms with E-state index in [1.165, 1.54) is 4.80 Å². The fourth-order valence-electron chi connectivity index (χ4n) is 3.27. The molecule has 27 heavy (non-hydrogen) atoms. The monoisotopic (exact) mass is 363 g/mol. The lowest BCUT2D eigenvalue weighted by Gasteiger charge is -2.36. The summed E-state index contributed by atoms with van der Waals surface area (Å²) in [5.74, 6) is 1.60. The number of carbonyl (C=O) groups excluding carboxylic acids is 1. The van der Waals surface area contributed by atoms with Crippen molar-refractivity contribution < 1.29 is 4.79 Å². The van der Waals surface area contributed by atoms with Gasteiger partial charge in [-0.1, -0.05) is 18.2 Å². The van der Waals surface area contributed by atoms with Crippen molar-refractivity contribution in [2.24, 2.45) is 7.05 Å². The first-order valence-electron chi connectivity index (χ1n) is 8.92. The van der Waals surface area contributed by atoms with Gasteiger partial charge in [-0.2, -0.15) is 4.80 Å². The van der Waals surface area contributed by atoms with Gasteiger partial charge in [-0.15, -0.1) is 10.2 Å². The van der Waals surface area contributed by atoms with Crippen molar-refractivity contribution in [2.75, 3.05) is 31.1 Å². The maximum absolute atomic E-state index is 12.8. The molecule has 0 atom stereocenters. The fraction of sp³-hybridized carbons (Fsp3) is 0.316. The zero-order valence-corrected chi connectivity index (χ0v) is 15.4. The number of hydrogen-bond acceptors (Lipinski definition) is 6. The number of carbonyl (C=O) groups is 1. The molecule has 3 aromatic rings. The normalized spacial score (nSPS) is 14.4. The topological polar surface area (TPSA) is 80.0 Å². The molecular weight excluding hydrogens is 342 g/mol. The van der Waals surface area contributed by atoms with Crippen LogP contribution in [0.25, 0.3) is 11.4 Å². The first-order chi connectivity index (χ1) is 13.1. The highest BCUT2D eigenvalue weighted by molar-refractivity contribution is 5.94. The quantitative estimate of drug-likeness (QED) is 0.702. The van der Waals surface area contributed by atoms with Crippen LogP contribution in [-0.4, -0.2) is 62.2 Å². The molecule has 1 amide bonds. The summed E-state index contributed by atoms with van der Waals surface area (Å²) in [4.78, 5) is 22.8. The molecule has 1 saturated heterocycles. The fourth-order valence-corrected chi connectivity index (χ4v) is 3.27. The van der Waals surface area contributed by atoms with Gasteiger partial charge in [0.05, 0.1) is 7.05 Å². The highest BCUT2D eigenvalue weighted by atomic mass is 16.2. The van der Waals surface area contributed by atoms with Crippen molar-refractivity contribution >= 4 is 11.7 Å². The number of piperazine rings is 1. The second-order valence-electron chi connectivity index (χ2n) is 6.60. The van der Waals surface area contributed by atoms with E-state index in [2.05, 4.69) is 38.3 Å². The number of hydrogen-bond donors (Lipinski definition) is 0. The average Bonchev–Trinajstić information content (AvgIpc) is 3.14. The van der Waals surface area contributed by atoms with E-state index < -0.39 is 0 Å². The molecule has 138 valence electrons. The Morgan fingerprint density at radius 3 is 2.41 bits per heavy atom. The maximum Gasteiger partial charge on any atom is 0.253 e. The van der Waals surface area contributed by atoms with Crippen molar-refractivity contribution in [3.63, 3.8) is 0 Å². The Morgan fingerprint density at radius 2 is 1.78 bits per heavy atom. The second-order valence-corrected chi connectivity index (χ2v) is 6.60. The molecule has 4 rings (SSSR count). The zero-order valence-electron chi connectivity index (χ0n) is 15.4. The van der Waals surface area contributed by atoms with Gasteiger partial charge in [0.25, 0.3) is 5.91 Å². The van der Waals surface area contributed by atoms with Gasteiger partial charge in [-0.25, -0.2) is 4.98 Å². The van der Waals surface area contributed by atoms with Crippen LogP contribution in [0.2, 0.25) is 0 Å². The van der Waals surface area contributed by atoms with Gasteiger partial charge in [0, 0.05) is 43.5 Å². The third kappa shape index (κ3) is 3.51. The Balaban J connectivity index is 1.41. The first-order valence-corrected chi connectivity index (χ1v) is 8.92. The largest absolute Gasteiger partial charge is 0.353 e. The molecular formula is C19H21N7O. The number of rotatable bonds is 3. The van der Waals surface area contributed by atoms with E-state index in [-0.39, 0.29) is 5.91 Å². The van der Waals surface area contributed by atoms with Crippen molar-refractivity contribution in [3.05, 3.63) is 53.7 Å². The van der Waals surface area contributed by atoms with E-state index in [0.29, 0.717) is 24.5 Å². The summed E-state index contributed by atoms with van der Waals surface area (Å²) >= 11 is 0. The number of aromatic nitrogens is 5. The number of amides is 1. The lowest BCUT2D eigenvalue weighted by molar-refractivity contribution is 0.0746. The third-order valence-electron chi connectivity index (χ3n) is 4.75. The minimum absolute atomic E-state index is 0.0473. The van der Waals surface area contributed by atoms with Crippen LogP contribution in [0.15, 0.2) is 42.6 Å². The molecule has 0 saturated carbocycles. The average molecular weight is 363 g/mol. The van der Waals surface area contributed by atoms with Crippen LogP contribution in [0.1, 0.15) is 15.9 Å². The summed E-state index contributed by atoms with van der Waals surface area (Å²) in [6.45, 7) is 4.99. The summed E-state index contributed by atoms with van der Waals surface area (Å²) < 4.78 is 0. The molecule has 0 radical (unpaired) electrons. The van der Waals surface area contributed by atoms with E-state index in [1.54, 1.807) is 7.05 Å². The molecule has 0 bridgehead atoms. The number of tetrazole rings is 1. The standard InChI is InChI=1S/C19H21N7O/c1-14-4-3-9-20-18(14)25-10-12-26(13-11-25)19(27)16-7-5-15(6-8-16)17-21-23-24(2)22-17/h3-9H,10-13H2,1-2H3. The molecule has 8 heteroatoms. The number of nitrogens with zero attached hydrogens (tertiary/aromatic N) is 7. The molecule has 0 unspecified atom stereocenters. The summed E-state index contributed by atoms with van der Waals surface area (Å²) in [6.07, 6.45) is 1.81. The lowest BCUT2D eigenvalue weighted by atomic mass is 10.1. The van der Waals surface area contributed by atoms with E-state index in [0.717, 1.165) is 30.0 Å². The van der Waals surface area contributed by atoms with Crippen molar-refractivity contribution in [1.29, 1.82) is 0 Å². The van der Waals surface area contributed by atoms with Crippen LogP contribution in [0.5, 0.6) is 0 Å². The summed E-state index contributed by atoms with van der Waals surface area (Å²) in [5.41, 5.74) is 2.67. The minimum Gasteiger partial charge on any atom is -0.353 e.